The molecule has 0 atom stereocenters. The molecule has 0 aliphatic rings. The van der Waals surface area contributed by atoms with Crippen molar-refractivity contribution in [3.63, 3.8) is 0 Å². The zero-order chi connectivity index (χ0) is 17.6. The van der Waals surface area contributed by atoms with Crippen molar-refractivity contribution >= 4 is 22.4 Å². The van der Waals surface area contributed by atoms with Crippen molar-refractivity contribution in [2.24, 2.45) is 0 Å². The third-order valence-corrected chi connectivity index (χ3v) is 3.98. The first-order valence-electron chi connectivity index (χ1n) is 7.28. The van der Waals surface area contributed by atoms with Gasteiger partial charge in [0.1, 0.15) is 11.6 Å². The summed E-state index contributed by atoms with van der Waals surface area (Å²) in [5.74, 6) is -0.204. The maximum Gasteiger partial charge on any atom is 0.264 e. The number of amides is 1. The predicted molar refractivity (Wildman–Crippen MR) is 92.8 cm³/mol. The normalized spacial score (nSPS) is 10.1. The van der Waals surface area contributed by atoms with Crippen LogP contribution in [0.15, 0.2) is 53.9 Å². The van der Waals surface area contributed by atoms with Gasteiger partial charge in [0.15, 0.2) is 11.7 Å². The number of anilines is 1. The summed E-state index contributed by atoms with van der Waals surface area (Å²) < 4.78 is 18.6. The highest BCUT2D eigenvalue weighted by atomic mass is 32.1. The van der Waals surface area contributed by atoms with Crippen molar-refractivity contribution in [1.82, 2.24) is 4.98 Å². The highest BCUT2D eigenvalue weighted by Gasteiger charge is 2.09. The molecule has 0 saturated heterocycles. The molecule has 3 rings (SSSR count). The Hall–Kier alpha value is -3.24. The third-order valence-electron chi connectivity index (χ3n) is 3.22. The molecule has 1 heterocycles. The van der Waals surface area contributed by atoms with Crippen molar-refractivity contribution in [2.75, 3.05) is 11.9 Å². The van der Waals surface area contributed by atoms with Crippen LogP contribution < -0.4 is 10.1 Å². The zero-order valence-corrected chi connectivity index (χ0v) is 13.7. The summed E-state index contributed by atoms with van der Waals surface area (Å²) in [6.07, 6.45) is 0. The number of carbonyl (C=O) groups is 1. The number of benzene rings is 2. The van der Waals surface area contributed by atoms with Gasteiger partial charge in [0.25, 0.3) is 5.91 Å². The Labute approximate surface area is 147 Å². The molecule has 124 valence electrons. The molecule has 7 heteroatoms. The van der Waals surface area contributed by atoms with Crippen molar-refractivity contribution in [1.29, 1.82) is 5.26 Å². The lowest BCUT2D eigenvalue weighted by atomic mass is 10.2. The van der Waals surface area contributed by atoms with Gasteiger partial charge in [-0.3, -0.25) is 10.1 Å². The number of nitrogens with zero attached hydrogens (tertiary/aromatic N) is 2. The Morgan fingerprint density at radius 3 is 2.80 bits per heavy atom. The zero-order valence-electron chi connectivity index (χ0n) is 12.9. The van der Waals surface area contributed by atoms with Crippen LogP contribution in [0.1, 0.15) is 5.56 Å². The van der Waals surface area contributed by atoms with Gasteiger partial charge in [0.2, 0.25) is 0 Å². The van der Waals surface area contributed by atoms with Gasteiger partial charge in [-0.15, -0.1) is 11.3 Å². The van der Waals surface area contributed by atoms with E-state index in [-0.39, 0.29) is 18.3 Å². The minimum absolute atomic E-state index is 0.180. The standard InChI is InChI=1S/C18H12FN3O2S/c19-14-3-1-2-13(8-14)16-11-25-18(21-16)22-17(23)10-24-15-6-4-12(9-20)5-7-15/h1-8,11H,10H2,(H,21,22,23). The van der Waals surface area contributed by atoms with E-state index >= 15 is 0 Å². The van der Waals surface area contributed by atoms with Crippen LogP contribution in [0.5, 0.6) is 5.75 Å². The van der Waals surface area contributed by atoms with Crippen molar-refractivity contribution in [2.45, 2.75) is 0 Å². The quantitative estimate of drug-likeness (QED) is 0.756. The second-order valence-corrected chi connectivity index (χ2v) is 5.88. The van der Waals surface area contributed by atoms with Crippen molar-refractivity contribution < 1.29 is 13.9 Å². The molecular formula is C18H12FN3O2S. The fraction of sp³-hybridized carbons (Fsp3) is 0.0556. The number of aromatic nitrogens is 1. The fourth-order valence-corrected chi connectivity index (χ4v) is 2.78. The summed E-state index contributed by atoms with van der Waals surface area (Å²) in [7, 11) is 0. The first-order chi connectivity index (χ1) is 12.1. The van der Waals surface area contributed by atoms with E-state index in [1.54, 1.807) is 41.8 Å². The topological polar surface area (TPSA) is 75.0 Å². The molecule has 0 bridgehead atoms. The maximum atomic E-state index is 13.3. The molecule has 25 heavy (non-hydrogen) atoms. The second-order valence-electron chi connectivity index (χ2n) is 5.02. The molecule has 0 aliphatic carbocycles. The number of hydrogen-bond donors (Lipinski definition) is 1. The highest BCUT2D eigenvalue weighted by molar-refractivity contribution is 7.14. The van der Waals surface area contributed by atoms with Crippen LogP contribution in [0.4, 0.5) is 9.52 Å². The number of nitriles is 1. The minimum Gasteiger partial charge on any atom is -0.484 e. The Morgan fingerprint density at radius 2 is 2.08 bits per heavy atom. The lowest BCUT2D eigenvalue weighted by Crippen LogP contribution is -2.20. The van der Waals surface area contributed by atoms with E-state index in [9.17, 15) is 9.18 Å². The van der Waals surface area contributed by atoms with Gasteiger partial charge in [-0.05, 0) is 36.4 Å². The first-order valence-corrected chi connectivity index (χ1v) is 8.16. The summed E-state index contributed by atoms with van der Waals surface area (Å²) in [4.78, 5) is 16.2. The van der Waals surface area contributed by atoms with E-state index in [1.807, 2.05) is 6.07 Å². The monoisotopic (exact) mass is 353 g/mol. The summed E-state index contributed by atoms with van der Waals surface area (Å²) in [6, 6.07) is 14.6. The molecule has 0 aliphatic heterocycles. The Bertz CT molecular complexity index is 932. The van der Waals surface area contributed by atoms with E-state index in [4.69, 9.17) is 10.00 Å². The van der Waals surface area contributed by atoms with Gasteiger partial charge >= 0.3 is 0 Å². The molecule has 0 fully saturated rings. The summed E-state index contributed by atoms with van der Waals surface area (Å²) >= 11 is 1.25. The van der Waals surface area contributed by atoms with Gasteiger partial charge in [0.05, 0.1) is 17.3 Å². The van der Waals surface area contributed by atoms with E-state index in [0.717, 1.165) is 0 Å². The molecule has 5 nitrogen and oxygen atoms in total. The SMILES string of the molecule is N#Cc1ccc(OCC(=O)Nc2nc(-c3cccc(F)c3)cs2)cc1. The van der Waals surface area contributed by atoms with Gasteiger partial charge in [-0.1, -0.05) is 12.1 Å². The van der Waals surface area contributed by atoms with E-state index < -0.39 is 0 Å². The number of hydrogen-bond acceptors (Lipinski definition) is 5. The average Bonchev–Trinajstić information content (AvgIpc) is 3.09. The molecular weight excluding hydrogens is 341 g/mol. The number of carbonyl (C=O) groups excluding carboxylic acids is 1. The lowest BCUT2D eigenvalue weighted by molar-refractivity contribution is -0.118. The Kier molecular flexibility index (Phi) is 5.02. The maximum absolute atomic E-state index is 13.3. The first kappa shape index (κ1) is 16.6. The third kappa shape index (κ3) is 4.40. The predicted octanol–water partition coefficient (Wildman–Crippen LogP) is 3.84. The van der Waals surface area contributed by atoms with Crippen LogP contribution in [-0.2, 0) is 4.79 Å². The van der Waals surface area contributed by atoms with Crippen LogP contribution in [0.2, 0.25) is 0 Å². The Balaban J connectivity index is 1.57. The number of nitrogens with one attached hydrogen (secondary N) is 1. The summed E-state index contributed by atoms with van der Waals surface area (Å²) in [5, 5.41) is 13.5. The number of thiazole rings is 1. The van der Waals surface area contributed by atoms with Crippen LogP contribution in [0.25, 0.3) is 11.3 Å². The average molecular weight is 353 g/mol. The van der Waals surface area contributed by atoms with Gasteiger partial charge in [0, 0.05) is 10.9 Å². The Morgan fingerprint density at radius 1 is 1.28 bits per heavy atom. The minimum atomic E-state index is -0.357. The fourth-order valence-electron chi connectivity index (χ4n) is 2.04. The molecule has 3 aromatic rings. The molecule has 0 unspecified atom stereocenters. The van der Waals surface area contributed by atoms with Crippen LogP contribution >= 0.6 is 11.3 Å². The van der Waals surface area contributed by atoms with Crippen molar-refractivity contribution in [3.8, 4) is 23.1 Å². The summed E-state index contributed by atoms with van der Waals surface area (Å²) in [6.45, 7) is -0.180. The molecule has 1 aromatic heterocycles. The van der Waals surface area contributed by atoms with Gasteiger partial charge in [-0.25, -0.2) is 9.37 Å². The largest absolute Gasteiger partial charge is 0.484 e. The van der Waals surface area contributed by atoms with Crippen LogP contribution in [0, 0.1) is 17.1 Å². The van der Waals surface area contributed by atoms with Crippen LogP contribution in [-0.4, -0.2) is 17.5 Å². The lowest BCUT2D eigenvalue weighted by Gasteiger charge is -2.05. The molecule has 1 amide bonds. The number of halogens is 1. The molecule has 0 spiro atoms. The van der Waals surface area contributed by atoms with Crippen molar-refractivity contribution in [3.05, 3.63) is 65.3 Å². The van der Waals surface area contributed by atoms with E-state index in [1.165, 1.54) is 23.5 Å². The number of rotatable bonds is 5. The molecule has 2 aromatic carbocycles. The van der Waals surface area contributed by atoms with E-state index in [2.05, 4.69) is 10.3 Å². The highest BCUT2D eigenvalue weighted by Crippen LogP contribution is 2.25. The van der Waals surface area contributed by atoms with Gasteiger partial charge < -0.3 is 4.74 Å². The van der Waals surface area contributed by atoms with Crippen LogP contribution in [0.3, 0.4) is 0 Å². The summed E-state index contributed by atoms with van der Waals surface area (Å²) in [5.41, 5.74) is 1.75. The number of ether oxygens (including phenoxy) is 1. The van der Waals surface area contributed by atoms with Gasteiger partial charge in [-0.2, -0.15) is 5.26 Å². The molecule has 1 N–H and O–H groups in total. The second kappa shape index (κ2) is 7.55. The molecule has 0 saturated carbocycles. The molecule has 0 radical (unpaired) electrons. The van der Waals surface area contributed by atoms with E-state index in [0.29, 0.717) is 27.7 Å². The smallest absolute Gasteiger partial charge is 0.264 e.